The van der Waals surface area contributed by atoms with E-state index in [1.54, 1.807) is 0 Å². The molecule has 3 heteroatoms. The second-order valence-corrected chi connectivity index (χ2v) is 4.19. The van der Waals surface area contributed by atoms with E-state index >= 15 is 0 Å². The largest absolute Gasteiger partial charge is 0.381 e. The Hall–Kier alpha value is 0.270. The molecular weight excluding hydrogens is 158 g/mol. The first kappa shape index (κ1) is 9.36. The lowest BCUT2D eigenvalue weighted by atomic mass is 10.2. The molecule has 1 N–H and O–H groups in total. The molecule has 0 bridgehead atoms. The van der Waals surface area contributed by atoms with Crippen molar-refractivity contribution >= 4 is 11.8 Å². The number of thioether (sulfide) groups is 1. The van der Waals surface area contributed by atoms with Crippen molar-refractivity contribution in [2.45, 2.75) is 18.1 Å². The van der Waals surface area contributed by atoms with Gasteiger partial charge in [0.1, 0.15) is 0 Å². The van der Waals surface area contributed by atoms with Crippen LogP contribution in [-0.4, -0.2) is 37.8 Å². The molecule has 0 radical (unpaired) electrons. The molecule has 11 heavy (non-hydrogen) atoms. The maximum absolute atomic E-state index is 5.28. The van der Waals surface area contributed by atoms with Crippen LogP contribution in [0.1, 0.15) is 12.8 Å². The number of hydrogen-bond acceptors (Lipinski definition) is 3. The van der Waals surface area contributed by atoms with E-state index in [1.807, 2.05) is 7.05 Å². The highest BCUT2D eigenvalue weighted by Gasteiger charge is 2.12. The Morgan fingerprint density at radius 2 is 2.18 bits per heavy atom. The second-order valence-electron chi connectivity index (χ2n) is 2.79. The minimum atomic E-state index is 0.858. The Kier molecular flexibility index (Phi) is 4.99. The summed E-state index contributed by atoms with van der Waals surface area (Å²) in [7, 11) is 2.00. The third-order valence-corrected chi connectivity index (χ3v) is 3.26. The first-order valence-electron chi connectivity index (χ1n) is 4.27. The average molecular weight is 175 g/mol. The standard InChI is InChI=1S/C8H17NOS/c1-9-4-7-11-8-2-5-10-6-3-8/h8-9H,2-7H2,1H3. The summed E-state index contributed by atoms with van der Waals surface area (Å²) < 4.78 is 5.28. The molecule has 1 heterocycles. The lowest BCUT2D eigenvalue weighted by Gasteiger charge is -2.21. The maximum atomic E-state index is 5.28. The Bertz CT molecular complexity index is 94.1. The van der Waals surface area contributed by atoms with Crippen LogP contribution in [0, 0.1) is 0 Å². The average Bonchev–Trinajstić information content (AvgIpc) is 2.07. The normalized spacial score (nSPS) is 20.5. The van der Waals surface area contributed by atoms with E-state index in [4.69, 9.17) is 4.74 Å². The summed E-state index contributed by atoms with van der Waals surface area (Å²) in [5, 5.41) is 4.01. The molecule has 0 saturated carbocycles. The van der Waals surface area contributed by atoms with Crippen molar-refractivity contribution < 1.29 is 4.74 Å². The summed E-state index contributed by atoms with van der Waals surface area (Å²) >= 11 is 2.08. The first-order valence-corrected chi connectivity index (χ1v) is 5.32. The van der Waals surface area contributed by atoms with Gasteiger partial charge in [-0.1, -0.05) is 0 Å². The first-order chi connectivity index (χ1) is 5.43. The van der Waals surface area contributed by atoms with E-state index < -0.39 is 0 Å². The van der Waals surface area contributed by atoms with Gasteiger partial charge in [-0.2, -0.15) is 11.8 Å². The molecule has 1 aliphatic rings. The second kappa shape index (κ2) is 5.86. The molecule has 0 aliphatic carbocycles. The molecule has 1 rings (SSSR count). The fourth-order valence-electron chi connectivity index (χ4n) is 1.17. The summed E-state index contributed by atoms with van der Waals surface area (Å²) in [5.41, 5.74) is 0. The van der Waals surface area contributed by atoms with Crippen LogP contribution >= 0.6 is 11.8 Å². The van der Waals surface area contributed by atoms with Crippen molar-refractivity contribution in [2.24, 2.45) is 0 Å². The molecule has 0 unspecified atom stereocenters. The Balaban J connectivity index is 1.96. The quantitative estimate of drug-likeness (QED) is 0.647. The van der Waals surface area contributed by atoms with Crippen LogP contribution < -0.4 is 5.32 Å². The van der Waals surface area contributed by atoms with Crippen molar-refractivity contribution in [1.29, 1.82) is 0 Å². The van der Waals surface area contributed by atoms with Gasteiger partial charge in [0.05, 0.1) is 0 Å². The fourth-order valence-corrected chi connectivity index (χ4v) is 2.35. The topological polar surface area (TPSA) is 21.3 Å². The SMILES string of the molecule is CNCCSC1CCOCC1. The molecule has 1 saturated heterocycles. The Morgan fingerprint density at radius 1 is 1.45 bits per heavy atom. The highest BCUT2D eigenvalue weighted by atomic mass is 32.2. The van der Waals surface area contributed by atoms with Gasteiger partial charge in [0.15, 0.2) is 0 Å². The zero-order chi connectivity index (χ0) is 7.94. The predicted octanol–water partition coefficient (Wildman–Crippen LogP) is 1.12. The molecule has 0 aromatic rings. The van der Waals surface area contributed by atoms with Crippen molar-refractivity contribution in [3.63, 3.8) is 0 Å². The van der Waals surface area contributed by atoms with Crippen LogP contribution in [0.4, 0.5) is 0 Å². The van der Waals surface area contributed by atoms with Crippen molar-refractivity contribution in [3.8, 4) is 0 Å². The highest BCUT2D eigenvalue weighted by molar-refractivity contribution is 7.99. The van der Waals surface area contributed by atoms with Crippen LogP contribution in [0.2, 0.25) is 0 Å². The summed E-state index contributed by atoms with van der Waals surface area (Å²) in [6, 6.07) is 0. The fraction of sp³-hybridized carbons (Fsp3) is 1.00. The molecule has 0 spiro atoms. The molecule has 66 valence electrons. The van der Waals surface area contributed by atoms with Gasteiger partial charge in [-0.05, 0) is 19.9 Å². The molecule has 0 atom stereocenters. The number of ether oxygens (including phenoxy) is 1. The van der Waals surface area contributed by atoms with Crippen molar-refractivity contribution in [1.82, 2.24) is 5.32 Å². The van der Waals surface area contributed by atoms with Gasteiger partial charge in [-0.15, -0.1) is 0 Å². The summed E-state index contributed by atoms with van der Waals surface area (Å²) in [6.45, 7) is 3.07. The molecular formula is C8H17NOS. The zero-order valence-corrected chi connectivity index (χ0v) is 7.95. The van der Waals surface area contributed by atoms with Gasteiger partial charge in [-0.25, -0.2) is 0 Å². The van der Waals surface area contributed by atoms with Crippen LogP contribution in [-0.2, 0) is 4.74 Å². The lowest BCUT2D eigenvalue weighted by molar-refractivity contribution is 0.100. The molecule has 1 fully saturated rings. The zero-order valence-electron chi connectivity index (χ0n) is 7.14. The summed E-state index contributed by atoms with van der Waals surface area (Å²) in [6.07, 6.45) is 2.49. The summed E-state index contributed by atoms with van der Waals surface area (Å²) in [4.78, 5) is 0. The van der Waals surface area contributed by atoms with Gasteiger partial charge in [0.2, 0.25) is 0 Å². The van der Waals surface area contributed by atoms with E-state index in [0.717, 1.165) is 25.0 Å². The van der Waals surface area contributed by atoms with Crippen LogP contribution in [0.25, 0.3) is 0 Å². The predicted molar refractivity (Wildman–Crippen MR) is 50.2 cm³/mol. The minimum Gasteiger partial charge on any atom is -0.381 e. The Morgan fingerprint density at radius 3 is 2.82 bits per heavy atom. The van der Waals surface area contributed by atoms with Gasteiger partial charge in [-0.3, -0.25) is 0 Å². The van der Waals surface area contributed by atoms with E-state index in [9.17, 15) is 0 Å². The van der Waals surface area contributed by atoms with Gasteiger partial charge in [0.25, 0.3) is 0 Å². The maximum Gasteiger partial charge on any atom is 0.0476 e. The number of rotatable bonds is 4. The van der Waals surface area contributed by atoms with Gasteiger partial charge >= 0.3 is 0 Å². The molecule has 0 aromatic carbocycles. The smallest absolute Gasteiger partial charge is 0.0476 e. The Labute approximate surface area is 73.1 Å². The van der Waals surface area contributed by atoms with E-state index in [0.29, 0.717) is 0 Å². The number of nitrogens with one attached hydrogen (secondary N) is 1. The molecule has 0 aromatic heterocycles. The van der Waals surface area contributed by atoms with Crippen molar-refractivity contribution in [3.05, 3.63) is 0 Å². The molecule has 0 amide bonds. The molecule has 2 nitrogen and oxygen atoms in total. The van der Waals surface area contributed by atoms with E-state index in [2.05, 4.69) is 17.1 Å². The highest BCUT2D eigenvalue weighted by Crippen LogP contribution is 2.20. The van der Waals surface area contributed by atoms with E-state index in [-0.39, 0.29) is 0 Å². The third kappa shape index (κ3) is 3.99. The summed E-state index contributed by atoms with van der Waals surface area (Å²) in [5.74, 6) is 1.24. The van der Waals surface area contributed by atoms with Crippen molar-refractivity contribution in [2.75, 3.05) is 32.6 Å². The van der Waals surface area contributed by atoms with Gasteiger partial charge in [0, 0.05) is 30.8 Å². The monoisotopic (exact) mass is 175 g/mol. The number of hydrogen-bond donors (Lipinski definition) is 1. The van der Waals surface area contributed by atoms with Crippen LogP contribution in [0.3, 0.4) is 0 Å². The molecule has 1 aliphatic heterocycles. The van der Waals surface area contributed by atoms with E-state index in [1.165, 1.54) is 18.6 Å². The third-order valence-electron chi connectivity index (χ3n) is 1.87. The minimum absolute atomic E-state index is 0.858. The van der Waals surface area contributed by atoms with Gasteiger partial charge < -0.3 is 10.1 Å². The van der Waals surface area contributed by atoms with Crippen LogP contribution in [0.5, 0.6) is 0 Å². The van der Waals surface area contributed by atoms with Crippen LogP contribution in [0.15, 0.2) is 0 Å². The lowest BCUT2D eigenvalue weighted by Crippen LogP contribution is -2.19.